The third-order valence-electron chi connectivity index (χ3n) is 5.98. The molecule has 34 heavy (non-hydrogen) atoms. The summed E-state index contributed by atoms with van der Waals surface area (Å²) in [6.45, 7) is 2.76. The van der Waals surface area contributed by atoms with Gasteiger partial charge in [0.15, 0.2) is 11.5 Å². The van der Waals surface area contributed by atoms with E-state index in [0.717, 1.165) is 42.2 Å². The summed E-state index contributed by atoms with van der Waals surface area (Å²) in [5.41, 5.74) is 3.03. The van der Waals surface area contributed by atoms with Gasteiger partial charge in [0, 0.05) is 13.1 Å². The molecule has 7 nitrogen and oxygen atoms in total. The van der Waals surface area contributed by atoms with E-state index in [-0.39, 0.29) is 36.1 Å². The number of rotatable bonds is 8. The molecule has 2 aromatic rings. The van der Waals surface area contributed by atoms with Crippen LogP contribution in [0.4, 0.5) is 4.79 Å². The summed E-state index contributed by atoms with van der Waals surface area (Å²) in [5, 5.41) is 2.57. The number of benzene rings is 2. The van der Waals surface area contributed by atoms with Gasteiger partial charge in [-0.1, -0.05) is 30.3 Å². The van der Waals surface area contributed by atoms with E-state index >= 15 is 0 Å². The van der Waals surface area contributed by atoms with Crippen LogP contribution in [0.15, 0.2) is 47.4 Å². The highest BCUT2D eigenvalue weighted by Crippen LogP contribution is 2.35. The summed E-state index contributed by atoms with van der Waals surface area (Å²) in [7, 11) is 1.55. The molecule has 1 heterocycles. The van der Waals surface area contributed by atoms with Crippen molar-refractivity contribution in [2.45, 2.75) is 32.1 Å². The van der Waals surface area contributed by atoms with Gasteiger partial charge >= 0.3 is 0 Å². The second kappa shape index (κ2) is 10.8. The maximum atomic E-state index is 12.8. The van der Waals surface area contributed by atoms with Gasteiger partial charge in [-0.15, -0.1) is 0 Å². The van der Waals surface area contributed by atoms with Crippen molar-refractivity contribution in [2.75, 3.05) is 26.8 Å². The molecule has 0 bridgehead atoms. The summed E-state index contributed by atoms with van der Waals surface area (Å²) in [6, 6.07) is 13.4. The largest absolute Gasteiger partial charge is 0.493 e. The van der Waals surface area contributed by atoms with Crippen LogP contribution in [0.1, 0.15) is 42.4 Å². The monoisotopic (exact) mass is 480 g/mol. The Morgan fingerprint density at radius 2 is 2.03 bits per heavy atom. The zero-order valence-electron chi connectivity index (χ0n) is 19.3. The van der Waals surface area contributed by atoms with Gasteiger partial charge in [0.25, 0.3) is 11.1 Å². The average molecular weight is 481 g/mol. The molecule has 0 aromatic heterocycles. The molecule has 1 atom stereocenters. The van der Waals surface area contributed by atoms with Crippen molar-refractivity contribution < 1.29 is 23.9 Å². The number of hydrogen-bond donors (Lipinski definition) is 1. The molecule has 1 unspecified atom stereocenters. The van der Waals surface area contributed by atoms with Gasteiger partial charge in [-0.2, -0.15) is 0 Å². The van der Waals surface area contributed by atoms with Crippen LogP contribution in [-0.2, 0) is 16.0 Å². The van der Waals surface area contributed by atoms with Crippen LogP contribution < -0.4 is 14.8 Å². The number of aryl methyl sites for hydroxylation is 1. The Hall–Kier alpha value is -3.26. The third-order valence-corrected chi connectivity index (χ3v) is 6.89. The first-order valence-corrected chi connectivity index (χ1v) is 12.2. The Balaban J connectivity index is 1.37. The fourth-order valence-corrected chi connectivity index (χ4v) is 5.20. The Labute approximate surface area is 203 Å². The molecule has 3 amide bonds. The van der Waals surface area contributed by atoms with E-state index < -0.39 is 0 Å². The molecule has 178 valence electrons. The number of carbonyl (C=O) groups excluding carboxylic acids is 3. The maximum absolute atomic E-state index is 12.8. The van der Waals surface area contributed by atoms with Crippen molar-refractivity contribution in [2.24, 2.45) is 0 Å². The van der Waals surface area contributed by atoms with Crippen molar-refractivity contribution in [3.8, 4) is 11.5 Å². The van der Waals surface area contributed by atoms with Gasteiger partial charge in [0.2, 0.25) is 5.91 Å². The standard InChI is InChI=1S/C26H28N2O5S/c1-3-33-21-12-11-17(15-22(21)32-2)16-23-25(30)28(26(31)34-23)14-13-27-24(29)20-10-6-8-18-7-4-5-9-19(18)20/h4-5,7,9,11-12,15-16,20H,3,6,8,10,13-14H2,1-2H3,(H,27,29)/b23-16-. The summed E-state index contributed by atoms with van der Waals surface area (Å²) in [5.74, 6) is 0.569. The minimum atomic E-state index is -0.361. The van der Waals surface area contributed by atoms with E-state index in [4.69, 9.17) is 9.47 Å². The van der Waals surface area contributed by atoms with Gasteiger partial charge in [0.05, 0.1) is 24.5 Å². The first-order chi connectivity index (χ1) is 16.5. The van der Waals surface area contributed by atoms with Crippen LogP contribution in [0.5, 0.6) is 11.5 Å². The summed E-state index contributed by atoms with van der Waals surface area (Å²) in [4.78, 5) is 39.6. The maximum Gasteiger partial charge on any atom is 0.293 e. The van der Waals surface area contributed by atoms with Crippen LogP contribution in [-0.4, -0.2) is 48.8 Å². The lowest BCUT2D eigenvalue weighted by Crippen LogP contribution is -2.39. The molecular formula is C26H28N2O5S. The lowest BCUT2D eigenvalue weighted by Gasteiger charge is -2.25. The van der Waals surface area contributed by atoms with Crippen LogP contribution in [0, 0.1) is 0 Å². The van der Waals surface area contributed by atoms with Crippen molar-refractivity contribution in [1.82, 2.24) is 10.2 Å². The zero-order valence-corrected chi connectivity index (χ0v) is 20.2. The minimum Gasteiger partial charge on any atom is -0.493 e. The predicted molar refractivity (Wildman–Crippen MR) is 132 cm³/mol. The van der Waals surface area contributed by atoms with Gasteiger partial charge in [0.1, 0.15) is 0 Å². The van der Waals surface area contributed by atoms with E-state index in [9.17, 15) is 14.4 Å². The van der Waals surface area contributed by atoms with E-state index in [2.05, 4.69) is 11.4 Å². The molecule has 1 aliphatic heterocycles. The van der Waals surface area contributed by atoms with Crippen LogP contribution >= 0.6 is 11.8 Å². The molecule has 1 saturated heterocycles. The lowest BCUT2D eigenvalue weighted by atomic mass is 9.82. The topological polar surface area (TPSA) is 84.9 Å². The summed E-state index contributed by atoms with van der Waals surface area (Å²) in [6.07, 6.45) is 4.43. The van der Waals surface area contributed by atoms with Crippen LogP contribution in [0.2, 0.25) is 0 Å². The fourth-order valence-electron chi connectivity index (χ4n) is 4.33. The summed E-state index contributed by atoms with van der Waals surface area (Å²) >= 11 is 0.896. The second-order valence-corrected chi connectivity index (χ2v) is 9.10. The SMILES string of the molecule is CCOc1ccc(/C=C2\SC(=O)N(CCNC(=O)C3CCCc4ccccc43)C2=O)cc1OC. The molecule has 1 N–H and O–H groups in total. The quantitative estimate of drug-likeness (QED) is 0.565. The molecule has 1 fully saturated rings. The Morgan fingerprint density at radius 3 is 2.82 bits per heavy atom. The minimum absolute atomic E-state index is 0.0591. The number of carbonyl (C=O) groups is 3. The summed E-state index contributed by atoms with van der Waals surface area (Å²) < 4.78 is 10.9. The number of hydrogen-bond acceptors (Lipinski definition) is 6. The molecule has 0 spiro atoms. The number of amides is 3. The highest BCUT2D eigenvalue weighted by Gasteiger charge is 2.35. The molecular weight excluding hydrogens is 452 g/mol. The van der Waals surface area contributed by atoms with Crippen molar-refractivity contribution in [1.29, 1.82) is 0 Å². The Kier molecular flexibility index (Phi) is 7.57. The van der Waals surface area contributed by atoms with Crippen molar-refractivity contribution in [3.05, 3.63) is 64.1 Å². The van der Waals surface area contributed by atoms with E-state index in [1.54, 1.807) is 25.3 Å². The number of nitrogens with one attached hydrogen (secondary N) is 1. The highest BCUT2D eigenvalue weighted by molar-refractivity contribution is 8.18. The normalized spacial score (nSPS) is 18.7. The first-order valence-electron chi connectivity index (χ1n) is 11.4. The smallest absolute Gasteiger partial charge is 0.293 e. The van der Waals surface area contributed by atoms with Gasteiger partial charge in [-0.05, 0) is 72.8 Å². The number of methoxy groups -OCH3 is 1. The zero-order chi connectivity index (χ0) is 24.1. The molecule has 4 rings (SSSR count). The molecule has 0 saturated carbocycles. The van der Waals surface area contributed by atoms with Crippen molar-refractivity contribution >= 4 is 34.9 Å². The molecule has 8 heteroatoms. The number of imide groups is 1. The van der Waals surface area contributed by atoms with Crippen LogP contribution in [0.25, 0.3) is 6.08 Å². The Bertz CT molecular complexity index is 1130. The van der Waals surface area contributed by atoms with Gasteiger partial charge < -0.3 is 14.8 Å². The first kappa shape index (κ1) is 23.9. The number of thioether (sulfide) groups is 1. The molecule has 1 aliphatic carbocycles. The fraction of sp³-hybridized carbons (Fsp3) is 0.346. The van der Waals surface area contributed by atoms with Gasteiger partial charge in [-0.3, -0.25) is 19.3 Å². The number of ether oxygens (including phenoxy) is 2. The highest BCUT2D eigenvalue weighted by atomic mass is 32.2. The average Bonchev–Trinajstić information content (AvgIpc) is 3.11. The second-order valence-electron chi connectivity index (χ2n) is 8.11. The molecule has 0 radical (unpaired) electrons. The molecule has 2 aromatic carbocycles. The van der Waals surface area contributed by atoms with E-state index in [1.165, 1.54) is 10.5 Å². The van der Waals surface area contributed by atoms with Gasteiger partial charge in [-0.25, -0.2) is 0 Å². The predicted octanol–water partition coefficient (Wildman–Crippen LogP) is 4.37. The van der Waals surface area contributed by atoms with E-state index in [0.29, 0.717) is 23.0 Å². The van der Waals surface area contributed by atoms with E-state index in [1.807, 2.05) is 31.2 Å². The number of nitrogens with zero attached hydrogens (tertiary/aromatic N) is 1. The Morgan fingerprint density at radius 1 is 1.21 bits per heavy atom. The van der Waals surface area contributed by atoms with Crippen molar-refractivity contribution in [3.63, 3.8) is 0 Å². The molecule has 2 aliphatic rings. The third kappa shape index (κ3) is 5.12. The van der Waals surface area contributed by atoms with Crippen LogP contribution in [0.3, 0.4) is 0 Å². The number of fused-ring (bicyclic) bond motifs is 1. The lowest BCUT2D eigenvalue weighted by molar-refractivity contribution is -0.125.